The summed E-state index contributed by atoms with van der Waals surface area (Å²) < 4.78 is 53.4. The van der Waals surface area contributed by atoms with E-state index in [0.29, 0.717) is 12.3 Å². The summed E-state index contributed by atoms with van der Waals surface area (Å²) in [6, 6.07) is 1.82. The molecular weight excluding hydrogens is 286 g/mol. The third kappa shape index (κ3) is 4.22. The number of hydrogen-bond acceptors (Lipinski definition) is 3. The van der Waals surface area contributed by atoms with Gasteiger partial charge in [-0.1, -0.05) is 13.8 Å². The second-order valence-electron chi connectivity index (χ2n) is 4.98. The average molecular weight is 306 g/mol. The van der Waals surface area contributed by atoms with Gasteiger partial charge in [0.1, 0.15) is 10.7 Å². The summed E-state index contributed by atoms with van der Waals surface area (Å²) >= 11 is 0. The Morgan fingerprint density at radius 3 is 2.50 bits per heavy atom. The molecule has 0 heterocycles. The van der Waals surface area contributed by atoms with E-state index < -0.39 is 38.7 Å². The fraction of sp³-hybridized carbons (Fsp3) is 0.538. The lowest BCUT2D eigenvalue weighted by atomic mass is 10.1. The second kappa shape index (κ2) is 7.10. The third-order valence-electron chi connectivity index (χ3n) is 2.89. The zero-order chi connectivity index (χ0) is 15.3. The molecule has 20 heavy (non-hydrogen) atoms. The van der Waals surface area contributed by atoms with Gasteiger partial charge in [0.2, 0.25) is 10.0 Å². The first-order valence-electron chi connectivity index (χ1n) is 6.46. The average Bonchev–Trinajstić information content (AvgIpc) is 2.34. The molecule has 0 aliphatic carbocycles. The lowest BCUT2D eigenvalue weighted by Gasteiger charge is -2.11. The highest BCUT2D eigenvalue weighted by atomic mass is 32.2. The Morgan fingerprint density at radius 2 is 1.95 bits per heavy atom. The Kier molecular flexibility index (Phi) is 6.04. The molecule has 0 aliphatic rings. The van der Waals surface area contributed by atoms with Gasteiger partial charge in [0.05, 0.1) is 0 Å². The number of nitrogens with two attached hydrogens (primary N) is 1. The Balaban J connectivity index is 2.88. The number of nitrogens with one attached hydrogen (secondary N) is 1. The summed E-state index contributed by atoms with van der Waals surface area (Å²) in [4.78, 5) is -0.566. The minimum Gasteiger partial charge on any atom is -0.326 e. The molecule has 7 heteroatoms. The van der Waals surface area contributed by atoms with E-state index in [-0.39, 0.29) is 6.54 Å². The van der Waals surface area contributed by atoms with Gasteiger partial charge in [0, 0.05) is 18.7 Å². The second-order valence-corrected chi connectivity index (χ2v) is 6.71. The molecule has 114 valence electrons. The van der Waals surface area contributed by atoms with Gasteiger partial charge in [-0.3, -0.25) is 0 Å². The van der Waals surface area contributed by atoms with E-state index in [1.54, 1.807) is 0 Å². The van der Waals surface area contributed by atoms with Gasteiger partial charge in [-0.15, -0.1) is 0 Å². The molecule has 4 nitrogen and oxygen atoms in total. The van der Waals surface area contributed by atoms with Crippen LogP contribution in [-0.4, -0.2) is 15.0 Å². The fourth-order valence-corrected chi connectivity index (χ4v) is 2.94. The van der Waals surface area contributed by atoms with Crippen LogP contribution in [0.15, 0.2) is 17.0 Å². The standard InChI is InChI=1S/C13H20F2N2O2S/c1-9(2)4-3-7-17-20(18,19)12-6-5-11(14)10(8-16)13(12)15/h5-6,9,17H,3-4,7-8,16H2,1-2H3. The molecule has 0 atom stereocenters. The van der Waals surface area contributed by atoms with Crippen LogP contribution in [0.2, 0.25) is 0 Å². The van der Waals surface area contributed by atoms with E-state index in [4.69, 9.17) is 5.73 Å². The molecule has 0 bridgehead atoms. The summed E-state index contributed by atoms with van der Waals surface area (Å²) in [7, 11) is -3.99. The first kappa shape index (κ1) is 17.0. The smallest absolute Gasteiger partial charge is 0.243 e. The van der Waals surface area contributed by atoms with Gasteiger partial charge in [0.25, 0.3) is 0 Å². The number of halogens is 2. The lowest BCUT2D eigenvalue weighted by Crippen LogP contribution is -2.26. The topological polar surface area (TPSA) is 72.2 Å². The summed E-state index contributed by atoms with van der Waals surface area (Å²) in [5, 5.41) is 0. The van der Waals surface area contributed by atoms with Crippen LogP contribution in [-0.2, 0) is 16.6 Å². The van der Waals surface area contributed by atoms with Gasteiger partial charge >= 0.3 is 0 Å². The molecule has 0 aliphatic heterocycles. The van der Waals surface area contributed by atoms with Crippen LogP contribution in [0.25, 0.3) is 0 Å². The molecular formula is C13H20F2N2O2S. The summed E-state index contributed by atoms with van der Waals surface area (Å²) in [6.45, 7) is 3.88. The molecule has 0 radical (unpaired) electrons. The van der Waals surface area contributed by atoms with Crippen molar-refractivity contribution in [2.45, 2.75) is 38.1 Å². The van der Waals surface area contributed by atoms with E-state index in [1.165, 1.54) is 0 Å². The number of benzene rings is 1. The molecule has 3 N–H and O–H groups in total. The molecule has 0 saturated heterocycles. The zero-order valence-electron chi connectivity index (χ0n) is 11.6. The third-order valence-corrected chi connectivity index (χ3v) is 4.37. The molecule has 1 aromatic rings. The van der Waals surface area contributed by atoms with Gasteiger partial charge in [0.15, 0.2) is 5.82 Å². The van der Waals surface area contributed by atoms with Crippen molar-refractivity contribution in [2.75, 3.05) is 6.54 Å². The maximum Gasteiger partial charge on any atom is 0.243 e. The monoisotopic (exact) mass is 306 g/mol. The van der Waals surface area contributed by atoms with E-state index in [2.05, 4.69) is 4.72 Å². The van der Waals surface area contributed by atoms with E-state index >= 15 is 0 Å². The maximum absolute atomic E-state index is 13.9. The van der Waals surface area contributed by atoms with Crippen molar-refractivity contribution in [2.24, 2.45) is 11.7 Å². The molecule has 0 aromatic heterocycles. The Hall–Kier alpha value is -1.05. The van der Waals surface area contributed by atoms with Crippen molar-refractivity contribution >= 4 is 10.0 Å². The maximum atomic E-state index is 13.9. The largest absolute Gasteiger partial charge is 0.326 e. The number of sulfonamides is 1. The number of rotatable bonds is 7. The molecule has 0 spiro atoms. The van der Waals surface area contributed by atoms with Gasteiger partial charge in [-0.2, -0.15) is 0 Å². The van der Waals surface area contributed by atoms with Gasteiger partial charge in [-0.05, 0) is 30.9 Å². The van der Waals surface area contributed by atoms with Gasteiger partial charge in [-0.25, -0.2) is 21.9 Å². The van der Waals surface area contributed by atoms with E-state index in [0.717, 1.165) is 18.6 Å². The fourth-order valence-electron chi connectivity index (χ4n) is 1.77. The van der Waals surface area contributed by atoms with Crippen LogP contribution in [0.3, 0.4) is 0 Å². The SMILES string of the molecule is CC(C)CCCNS(=O)(=O)c1ccc(F)c(CN)c1F. The molecule has 0 saturated carbocycles. The van der Waals surface area contributed by atoms with Gasteiger partial charge < -0.3 is 5.73 Å². The normalized spacial score (nSPS) is 12.1. The van der Waals surface area contributed by atoms with Crippen LogP contribution < -0.4 is 10.5 Å². The predicted octanol–water partition coefficient (Wildman–Crippen LogP) is 2.14. The van der Waals surface area contributed by atoms with Crippen LogP contribution in [0.4, 0.5) is 8.78 Å². The van der Waals surface area contributed by atoms with Crippen molar-refractivity contribution in [1.29, 1.82) is 0 Å². The predicted molar refractivity (Wildman–Crippen MR) is 73.5 cm³/mol. The van der Waals surface area contributed by atoms with Crippen molar-refractivity contribution in [3.63, 3.8) is 0 Å². The minimum absolute atomic E-state index is 0.218. The summed E-state index contributed by atoms with van der Waals surface area (Å²) in [5.74, 6) is -1.50. The highest BCUT2D eigenvalue weighted by Gasteiger charge is 2.22. The molecule has 0 unspecified atom stereocenters. The Labute approximate surface area is 118 Å². The Morgan fingerprint density at radius 1 is 1.30 bits per heavy atom. The zero-order valence-corrected chi connectivity index (χ0v) is 12.4. The first-order chi connectivity index (χ1) is 9.29. The van der Waals surface area contributed by atoms with Crippen molar-refractivity contribution < 1.29 is 17.2 Å². The summed E-state index contributed by atoms with van der Waals surface area (Å²) in [6.07, 6.45) is 1.52. The summed E-state index contributed by atoms with van der Waals surface area (Å²) in [5.41, 5.74) is 4.80. The van der Waals surface area contributed by atoms with Crippen LogP contribution in [0.5, 0.6) is 0 Å². The van der Waals surface area contributed by atoms with Crippen molar-refractivity contribution in [3.8, 4) is 0 Å². The molecule has 0 amide bonds. The molecule has 0 fully saturated rings. The quantitative estimate of drug-likeness (QED) is 0.758. The van der Waals surface area contributed by atoms with Crippen molar-refractivity contribution in [3.05, 3.63) is 29.3 Å². The van der Waals surface area contributed by atoms with E-state index in [9.17, 15) is 17.2 Å². The first-order valence-corrected chi connectivity index (χ1v) is 7.94. The minimum atomic E-state index is -3.99. The lowest BCUT2D eigenvalue weighted by molar-refractivity contribution is 0.519. The Bertz CT molecular complexity index is 560. The van der Waals surface area contributed by atoms with Crippen LogP contribution in [0, 0.1) is 17.6 Å². The van der Waals surface area contributed by atoms with Crippen LogP contribution in [0.1, 0.15) is 32.3 Å². The highest BCUT2D eigenvalue weighted by molar-refractivity contribution is 7.89. The highest BCUT2D eigenvalue weighted by Crippen LogP contribution is 2.20. The number of hydrogen-bond donors (Lipinski definition) is 2. The van der Waals surface area contributed by atoms with E-state index in [1.807, 2.05) is 13.8 Å². The molecule has 1 rings (SSSR count). The molecule has 1 aromatic carbocycles. The van der Waals surface area contributed by atoms with Crippen molar-refractivity contribution in [1.82, 2.24) is 4.72 Å². The van der Waals surface area contributed by atoms with Crippen LogP contribution >= 0.6 is 0 Å².